The van der Waals surface area contributed by atoms with Gasteiger partial charge in [-0.2, -0.15) is 9.59 Å². The number of carbonyl (C=O) groups is 6. The third-order valence-corrected chi connectivity index (χ3v) is 17.4. The Morgan fingerprint density at radius 3 is 1.60 bits per heavy atom. The molecular weight excluding hydrogens is 1530 g/mol. The van der Waals surface area contributed by atoms with Gasteiger partial charge in [0.05, 0.1) is 29.0 Å². The summed E-state index contributed by atoms with van der Waals surface area (Å²) in [6.07, 6.45) is 24.9. The van der Waals surface area contributed by atoms with Crippen molar-refractivity contribution < 1.29 is 105 Å². The summed E-state index contributed by atoms with van der Waals surface area (Å²) in [5.41, 5.74) is 20.3. The molecule has 1 saturated carbocycles. The number of aromatic amines is 3. The number of ketones is 1. The fraction of sp³-hybridized carbons (Fsp3) is 0.522. The molecule has 6 aromatic heterocycles. The van der Waals surface area contributed by atoms with Gasteiger partial charge in [-0.3, -0.25) is 38.5 Å². The van der Waals surface area contributed by atoms with E-state index in [4.69, 9.17) is 75.6 Å². The average Bonchev–Trinajstić information content (AvgIpc) is 1.68. The number of piperazine rings is 1. The van der Waals surface area contributed by atoms with E-state index < -0.39 is 17.5 Å². The number of thiocarbonyl (C=S) groups is 1. The number of Topliss-reactive ketones (excluding diaryl/α,β-unsaturated/α-hetero) is 1. The third-order valence-electron chi connectivity index (χ3n) is 16.2. The maximum atomic E-state index is 12.2. The molecule has 0 radical (unpaired) electrons. The van der Waals surface area contributed by atoms with Crippen LogP contribution in [0.1, 0.15) is 193 Å². The van der Waals surface area contributed by atoms with Crippen molar-refractivity contribution in [2.75, 3.05) is 31.1 Å². The number of hydrogen-bond donors (Lipinski definition) is 7. The smallest absolute Gasteiger partial charge is 0.410 e. The van der Waals surface area contributed by atoms with Crippen LogP contribution in [0.4, 0.5) is 10.6 Å². The molecule has 3 unspecified atom stereocenters. The van der Waals surface area contributed by atoms with Gasteiger partial charge in [0.2, 0.25) is 5.15 Å². The molecule has 14 rings (SSSR count). The number of halogens is 3. The van der Waals surface area contributed by atoms with E-state index in [2.05, 4.69) is 101 Å². The van der Waals surface area contributed by atoms with Gasteiger partial charge >= 0.3 is 42.4 Å². The number of hydrogen-bond acceptors (Lipinski definition) is 28. The monoisotopic (exact) mass is 1610 g/mol. The van der Waals surface area contributed by atoms with Gasteiger partial charge < -0.3 is 55.4 Å². The predicted molar refractivity (Wildman–Crippen MR) is 390 cm³/mol. The Bertz CT molecular complexity index is 4170. The SMILES string of the molecule is CC(=O)OC(C)=O.CC(=O)OC1CCc2c(Cl)ncnc21.CC(=O)OC1CCc2c1ncnc2N1CCN(C(=O)OC(C)(C)C)CC1.CC1CCCC1=O.Clc1ncnc2c1CCC2.N=S.NC(N)=S.O=C=O.O=c1[nH]c(=S)[nH]c2c1CCC2.O=c1[nH]cnc2c1CCC2.O[n+]1cnc(Cl)c2c1CCC2.[Ar]. The third kappa shape index (κ3) is 30.8. The second-order valence-electron chi connectivity index (χ2n) is 25.0. The van der Waals surface area contributed by atoms with E-state index in [9.17, 15) is 43.6 Å². The summed E-state index contributed by atoms with van der Waals surface area (Å²) >= 11 is 29.8. The van der Waals surface area contributed by atoms with E-state index in [1.807, 2.05) is 27.7 Å². The summed E-state index contributed by atoms with van der Waals surface area (Å²) in [5.74, 6) is 0.0000581. The van der Waals surface area contributed by atoms with Crippen LogP contribution in [0.15, 0.2) is 41.2 Å². The van der Waals surface area contributed by atoms with Crippen molar-refractivity contribution in [1.29, 1.82) is 4.78 Å². The average molecular weight is 1610 g/mol. The van der Waals surface area contributed by atoms with Crippen LogP contribution in [0.5, 0.6) is 0 Å². The number of anilines is 1. The maximum absolute atomic E-state index is 12.2. The number of nitrogens with zero attached hydrogens (tertiary/aromatic N) is 11. The fourth-order valence-electron chi connectivity index (χ4n) is 11.8. The summed E-state index contributed by atoms with van der Waals surface area (Å²) in [7, 11) is 0. The molecule has 2 fully saturated rings. The molecule has 6 aromatic rings. The molecule has 0 spiro atoms. The first-order valence-corrected chi connectivity index (χ1v) is 35.7. The Morgan fingerprint density at radius 2 is 1.10 bits per heavy atom. The molecular formula is C67H87ArCl3N17O15S3+. The number of aromatic nitrogens is 12. The summed E-state index contributed by atoms with van der Waals surface area (Å²) in [4.78, 5) is 148. The minimum atomic E-state index is -0.562. The van der Waals surface area contributed by atoms with Gasteiger partial charge in [-0.1, -0.05) is 34.9 Å². The fourth-order valence-corrected chi connectivity index (χ4v) is 12.8. The van der Waals surface area contributed by atoms with Gasteiger partial charge in [0.1, 0.15) is 58.7 Å². The molecule has 39 heteroatoms. The van der Waals surface area contributed by atoms with E-state index in [0.29, 0.717) is 58.1 Å². The number of nitrogens with one attached hydrogen (secondary N) is 4. The number of H-pyrrole nitrogens is 3. The number of rotatable bonds is 3. The minimum absolute atomic E-state index is 0. The molecule has 7 aliphatic carbocycles. The van der Waals surface area contributed by atoms with Gasteiger partial charge in [-0.15, -0.1) is 0 Å². The Hall–Kier alpha value is -7.86. The Morgan fingerprint density at radius 1 is 0.613 bits per heavy atom. The topological polar surface area (TPSA) is 465 Å². The van der Waals surface area contributed by atoms with E-state index in [1.165, 1.54) is 65.8 Å². The first kappa shape index (κ1) is 92.3. The van der Waals surface area contributed by atoms with Crippen LogP contribution < -0.4 is 32.2 Å². The number of fused-ring (bicyclic) bond motifs is 6. The van der Waals surface area contributed by atoms with Crippen molar-refractivity contribution in [1.82, 2.24) is 59.7 Å². The summed E-state index contributed by atoms with van der Waals surface area (Å²) < 4.78 is 26.7. The van der Waals surface area contributed by atoms with Crippen molar-refractivity contribution >= 4 is 124 Å². The molecule has 0 aromatic carbocycles. The largest absolute Gasteiger partial charge is 0.456 e. The second kappa shape index (κ2) is 47.1. The van der Waals surface area contributed by atoms with E-state index in [1.54, 1.807) is 4.90 Å². The molecule has 106 heavy (non-hydrogen) atoms. The molecule has 32 nitrogen and oxygen atoms in total. The van der Waals surface area contributed by atoms with Gasteiger partial charge in [0.15, 0.2) is 15.6 Å². The van der Waals surface area contributed by atoms with Crippen molar-refractivity contribution in [3.8, 4) is 0 Å². The van der Waals surface area contributed by atoms with Crippen LogP contribution in [0, 0.1) is 53.2 Å². The molecule has 1 amide bonds. The Labute approximate surface area is 672 Å². The molecule has 3 atom stereocenters. The summed E-state index contributed by atoms with van der Waals surface area (Å²) in [6.45, 7) is 15.3. The van der Waals surface area contributed by atoms with Crippen LogP contribution >= 0.6 is 59.2 Å². The quantitative estimate of drug-likeness (QED) is 0.0170. The standard InChI is InChI=1S/C18H26N4O4.C9H9ClN2O2.C7H8ClN2O.C7H7ClN2.C7H8N2OS.C7H8N2O.C6H10O.C4H6O3.CH4N2S.CO2.Ar.HNS/c1-12(23)25-14-6-5-13-15(14)19-11-20-16(13)21-7-9-22(10-8-21)17(24)26-18(2,3)4;1-5(13)14-7-3-2-6-8(7)11-4-12-9(6)10;8-7-5-2-1-3-6(5)10(11)4-9-7;8-7-5-2-1-3-6(5)9-4-10-7;10-6-4-2-1-3-5(4)8-7(11)9-6;10-7-5-2-1-3-6(5)8-4-9-7;1-5-3-2-4-6(5)7;1-3(5)7-4(2)6;2-1(3)4;2-1-3;;1-2/h11,14H,5-10H2,1-4H3;4,7H,2-3H2,1H3;4,11H,1-3H2;4H,1-3H2;1-3H2,(H2,8,9,10,11);4H,1-3H2,(H,8,9,10);5H,2-4H2,1H3;1-2H3;(H4,2,3,4);;;1H/q;;+1;;;;;;;;;. The number of aryl methyl sites for hydroxylation is 3. The molecule has 9 N–H and O–H groups in total. The summed E-state index contributed by atoms with van der Waals surface area (Å²) in [5, 5.41) is 10.9. The van der Waals surface area contributed by atoms with Crippen molar-refractivity contribution in [3.05, 3.63) is 140 Å². The van der Waals surface area contributed by atoms with E-state index >= 15 is 0 Å². The van der Waals surface area contributed by atoms with E-state index in [0.717, 1.165) is 194 Å². The second-order valence-corrected chi connectivity index (χ2v) is 26.9. The zero-order valence-corrected chi connectivity index (χ0v) is 65.3. The maximum Gasteiger partial charge on any atom is 0.410 e. The van der Waals surface area contributed by atoms with Crippen molar-refractivity contribution in [2.24, 2.45) is 17.4 Å². The van der Waals surface area contributed by atoms with Gasteiger partial charge in [-0.25, -0.2) is 44.5 Å². The molecule has 0 bridgehead atoms. The van der Waals surface area contributed by atoms with Crippen LogP contribution in [0.3, 0.4) is 0 Å². The molecule has 7 heterocycles. The van der Waals surface area contributed by atoms with Crippen LogP contribution in [0.2, 0.25) is 15.5 Å². The number of ether oxygens (including phenoxy) is 4. The normalized spacial score (nSPS) is 16.3. The number of nitrogens with two attached hydrogens (primary N) is 2. The minimum Gasteiger partial charge on any atom is -0.456 e. The van der Waals surface area contributed by atoms with Gasteiger partial charge in [0.25, 0.3) is 11.1 Å². The van der Waals surface area contributed by atoms with Crippen molar-refractivity contribution in [2.45, 2.75) is 195 Å². The molecule has 1 saturated heterocycles. The van der Waals surface area contributed by atoms with Crippen molar-refractivity contribution in [3.63, 3.8) is 0 Å². The number of amides is 1. The first-order valence-electron chi connectivity index (χ1n) is 33.3. The van der Waals surface area contributed by atoms with Crippen LogP contribution in [0.25, 0.3) is 0 Å². The zero-order chi connectivity index (χ0) is 78.1. The van der Waals surface area contributed by atoms with Crippen LogP contribution in [-0.2, 0) is 129 Å². The van der Waals surface area contributed by atoms with Gasteiger partial charge in [-0.05, 0) is 171 Å². The zero-order valence-electron chi connectivity index (χ0n) is 59.8. The Balaban J connectivity index is 0.000000320. The summed E-state index contributed by atoms with van der Waals surface area (Å²) in [6, 6.07) is 0. The van der Waals surface area contributed by atoms with Gasteiger partial charge in [0, 0.05) is 162 Å². The molecule has 576 valence electrons. The van der Waals surface area contributed by atoms with Crippen LogP contribution in [-0.4, -0.2) is 144 Å². The molecule has 1 aliphatic heterocycles. The number of esters is 4. The first-order chi connectivity index (χ1) is 49.8. The molecule has 8 aliphatic rings. The number of carbonyl (C=O) groups excluding carboxylic acids is 8. The predicted octanol–water partition coefficient (Wildman–Crippen LogP) is 7.68. The van der Waals surface area contributed by atoms with E-state index in [-0.39, 0.29) is 90.4 Å². The Kier molecular flexibility index (Phi) is 41.0.